The average Bonchev–Trinajstić information content (AvgIpc) is 3.12. The van der Waals surface area contributed by atoms with Crippen LogP contribution in [0, 0.1) is 5.92 Å². The number of fused-ring (bicyclic) bond motifs is 1. The summed E-state index contributed by atoms with van der Waals surface area (Å²) in [6.07, 6.45) is 2.17. The predicted molar refractivity (Wildman–Crippen MR) is 102 cm³/mol. The Morgan fingerprint density at radius 2 is 2.04 bits per heavy atom. The summed E-state index contributed by atoms with van der Waals surface area (Å²) in [6, 6.07) is 15.4. The summed E-state index contributed by atoms with van der Waals surface area (Å²) in [5.74, 6) is 1.23. The molecule has 0 bridgehead atoms. The van der Waals surface area contributed by atoms with Gasteiger partial charge in [0.1, 0.15) is 5.82 Å². The standard InChI is InChI=1S/C20H22N4O2/c25-20(21-12-14-4-3-11-26-13-14)22-16-9-7-15(8-10-16)19-23-17-5-1-2-6-18(17)24-19/h1-2,5-10,14H,3-4,11-13H2,(H,23,24)(H2,21,22,25)/t14-/m1/s1. The van der Waals surface area contributed by atoms with Crippen LogP contribution >= 0.6 is 0 Å². The maximum absolute atomic E-state index is 12.0. The Morgan fingerprint density at radius 1 is 1.19 bits per heavy atom. The number of imidazole rings is 1. The molecule has 1 aliphatic heterocycles. The molecule has 0 unspecified atom stereocenters. The van der Waals surface area contributed by atoms with Crippen molar-refractivity contribution in [3.8, 4) is 11.4 Å². The molecule has 0 radical (unpaired) electrons. The van der Waals surface area contributed by atoms with Crippen LogP contribution in [-0.4, -0.2) is 35.8 Å². The number of benzene rings is 2. The van der Waals surface area contributed by atoms with E-state index in [0.717, 1.165) is 54.2 Å². The van der Waals surface area contributed by atoms with Crippen molar-refractivity contribution in [1.82, 2.24) is 15.3 Å². The first-order valence-corrected chi connectivity index (χ1v) is 8.96. The zero-order valence-electron chi connectivity index (χ0n) is 14.5. The van der Waals surface area contributed by atoms with Crippen molar-refractivity contribution in [2.45, 2.75) is 12.8 Å². The van der Waals surface area contributed by atoms with E-state index in [2.05, 4.69) is 20.6 Å². The van der Waals surface area contributed by atoms with E-state index in [1.54, 1.807) is 0 Å². The Balaban J connectivity index is 1.35. The fourth-order valence-electron chi connectivity index (χ4n) is 3.18. The third-order valence-electron chi connectivity index (χ3n) is 4.61. The number of urea groups is 1. The number of H-pyrrole nitrogens is 1. The Labute approximate surface area is 152 Å². The Hall–Kier alpha value is -2.86. The summed E-state index contributed by atoms with van der Waals surface area (Å²) in [6.45, 7) is 2.20. The first-order chi connectivity index (χ1) is 12.8. The molecule has 2 aromatic carbocycles. The lowest BCUT2D eigenvalue weighted by atomic mass is 10.0. The number of nitrogens with one attached hydrogen (secondary N) is 3. The predicted octanol–water partition coefficient (Wildman–Crippen LogP) is 3.78. The molecule has 1 fully saturated rings. The van der Waals surface area contributed by atoms with E-state index in [1.165, 1.54) is 0 Å². The molecule has 1 atom stereocenters. The highest BCUT2D eigenvalue weighted by atomic mass is 16.5. The molecule has 4 rings (SSSR count). The van der Waals surface area contributed by atoms with Crippen LogP contribution in [0.25, 0.3) is 22.4 Å². The molecule has 3 N–H and O–H groups in total. The number of aromatic amines is 1. The topological polar surface area (TPSA) is 79.0 Å². The van der Waals surface area contributed by atoms with Crippen molar-refractivity contribution in [3.63, 3.8) is 0 Å². The van der Waals surface area contributed by atoms with E-state index >= 15 is 0 Å². The van der Waals surface area contributed by atoms with Gasteiger partial charge in [-0.05, 0) is 55.2 Å². The number of rotatable bonds is 4. The Kier molecular flexibility index (Phi) is 4.84. The number of para-hydroxylation sites is 2. The number of hydrogen-bond donors (Lipinski definition) is 3. The molecule has 2 heterocycles. The number of amides is 2. The van der Waals surface area contributed by atoms with Crippen molar-refractivity contribution >= 4 is 22.8 Å². The van der Waals surface area contributed by atoms with Gasteiger partial charge in [-0.15, -0.1) is 0 Å². The van der Waals surface area contributed by atoms with Gasteiger partial charge in [-0.2, -0.15) is 0 Å². The minimum atomic E-state index is -0.188. The van der Waals surface area contributed by atoms with Crippen LogP contribution in [0.5, 0.6) is 0 Å². The number of hydrogen-bond acceptors (Lipinski definition) is 3. The molecule has 0 aliphatic carbocycles. The lowest BCUT2D eigenvalue weighted by Crippen LogP contribution is -2.35. The van der Waals surface area contributed by atoms with E-state index in [4.69, 9.17) is 4.74 Å². The second kappa shape index (κ2) is 7.58. The number of ether oxygens (including phenoxy) is 1. The highest BCUT2D eigenvalue weighted by Crippen LogP contribution is 2.22. The second-order valence-electron chi connectivity index (χ2n) is 6.60. The van der Waals surface area contributed by atoms with E-state index in [1.807, 2.05) is 48.5 Å². The van der Waals surface area contributed by atoms with Crippen LogP contribution in [0.1, 0.15) is 12.8 Å². The molecule has 6 nitrogen and oxygen atoms in total. The highest BCUT2D eigenvalue weighted by Gasteiger charge is 2.14. The first-order valence-electron chi connectivity index (χ1n) is 8.96. The van der Waals surface area contributed by atoms with E-state index in [0.29, 0.717) is 12.5 Å². The van der Waals surface area contributed by atoms with E-state index in [9.17, 15) is 4.79 Å². The Morgan fingerprint density at radius 3 is 2.81 bits per heavy atom. The van der Waals surface area contributed by atoms with Crippen molar-refractivity contribution in [2.24, 2.45) is 5.92 Å². The lowest BCUT2D eigenvalue weighted by Gasteiger charge is -2.22. The van der Waals surface area contributed by atoms with Crippen LogP contribution in [0.2, 0.25) is 0 Å². The summed E-state index contributed by atoms with van der Waals surface area (Å²) in [5.41, 5.74) is 3.68. The van der Waals surface area contributed by atoms with Gasteiger partial charge >= 0.3 is 6.03 Å². The number of carbonyl (C=O) groups excluding carboxylic acids is 1. The van der Waals surface area contributed by atoms with Gasteiger partial charge in [0.25, 0.3) is 0 Å². The largest absolute Gasteiger partial charge is 0.381 e. The minimum Gasteiger partial charge on any atom is -0.381 e. The fourth-order valence-corrected chi connectivity index (χ4v) is 3.18. The normalized spacial score (nSPS) is 17.2. The van der Waals surface area contributed by atoms with Gasteiger partial charge < -0.3 is 20.4 Å². The third kappa shape index (κ3) is 3.86. The molecular weight excluding hydrogens is 328 g/mol. The van der Waals surface area contributed by atoms with Crippen LogP contribution < -0.4 is 10.6 Å². The number of nitrogens with zero attached hydrogens (tertiary/aromatic N) is 1. The molecule has 1 aliphatic rings. The average molecular weight is 350 g/mol. The van der Waals surface area contributed by atoms with Crippen molar-refractivity contribution in [3.05, 3.63) is 48.5 Å². The maximum atomic E-state index is 12.0. The van der Waals surface area contributed by atoms with Gasteiger partial charge in [0.15, 0.2) is 0 Å². The molecule has 1 saturated heterocycles. The molecule has 0 spiro atoms. The Bertz CT molecular complexity index is 849. The molecule has 3 aromatic rings. The smallest absolute Gasteiger partial charge is 0.319 e. The SMILES string of the molecule is O=C(NC[C@H]1CCCOC1)Nc1ccc(-c2nc3ccccc3[nH]2)cc1. The van der Waals surface area contributed by atoms with Gasteiger partial charge in [-0.3, -0.25) is 0 Å². The summed E-state index contributed by atoms with van der Waals surface area (Å²) >= 11 is 0. The highest BCUT2D eigenvalue weighted by molar-refractivity contribution is 5.89. The maximum Gasteiger partial charge on any atom is 0.319 e. The molecular formula is C20H22N4O2. The minimum absolute atomic E-state index is 0.188. The summed E-state index contributed by atoms with van der Waals surface area (Å²) in [7, 11) is 0. The van der Waals surface area contributed by atoms with Gasteiger partial charge in [-0.1, -0.05) is 12.1 Å². The molecule has 134 valence electrons. The van der Waals surface area contributed by atoms with E-state index in [-0.39, 0.29) is 6.03 Å². The monoisotopic (exact) mass is 350 g/mol. The van der Waals surface area contributed by atoms with Gasteiger partial charge in [0, 0.05) is 24.4 Å². The van der Waals surface area contributed by atoms with Gasteiger partial charge in [0.2, 0.25) is 0 Å². The van der Waals surface area contributed by atoms with Crippen molar-refractivity contribution < 1.29 is 9.53 Å². The van der Waals surface area contributed by atoms with Crippen LogP contribution in [0.4, 0.5) is 10.5 Å². The number of carbonyl (C=O) groups is 1. The second-order valence-corrected chi connectivity index (χ2v) is 6.60. The zero-order valence-corrected chi connectivity index (χ0v) is 14.5. The molecule has 1 aromatic heterocycles. The van der Waals surface area contributed by atoms with Gasteiger partial charge in [0.05, 0.1) is 17.6 Å². The van der Waals surface area contributed by atoms with E-state index < -0.39 is 0 Å². The van der Waals surface area contributed by atoms with Crippen LogP contribution in [-0.2, 0) is 4.74 Å². The summed E-state index contributed by atoms with van der Waals surface area (Å²) < 4.78 is 5.43. The molecule has 0 saturated carbocycles. The fraction of sp³-hybridized carbons (Fsp3) is 0.300. The molecule has 6 heteroatoms. The summed E-state index contributed by atoms with van der Waals surface area (Å²) in [4.78, 5) is 19.9. The third-order valence-corrected chi connectivity index (χ3v) is 4.61. The number of anilines is 1. The quantitative estimate of drug-likeness (QED) is 0.670. The van der Waals surface area contributed by atoms with Crippen LogP contribution in [0.15, 0.2) is 48.5 Å². The van der Waals surface area contributed by atoms with Crippen LogP contribution in [0.3, 0.4) is 0 Å². The number of aromatic nitrogens is 2. The molecule has 2 amide bonds. The summed E-state index contributed by atoms with van der Waals surface area (Å²) in [5, 5.41) is 5.78. The zero-order chi connectivity index (χ0) is 17.8. The first kappa shape index (κ1) is 16.6. The van der Waals surface area contributed by atoms with Crippen molar-refractivity contribution in [1.29, 1.82) is 0 Å². The molecule has 26 heavy (non-hydrogen) atoms. The lowest BCUT2D eigenvalue weighted by molar-refractivity contribution is 0.0559. The van der Waals surface area contributed by atoms with Gasteiger partial charge in [-0.25, -0.2) is 9.78 Å². The van der Waals surface area contributed by atoms with Crippen molar-refractivity contribution in [2.75, 3.05) is 25.1 Å².